The smallest absolute Gasteiger partial charge is 0.462 e. The third kappa shape index (κ3) is 61.1. The number of hydrogen-bond donors (Lipinski definition) is 2. The molecule has 0 aliphatic heterocycles. The first-order valence-corrected chi connectivity index (χ1v) is 33.6. The van der Waals surface area contributed by atoms with E-state index in [4.69, 9.17) is 24.3 Å². The Labute approximate surface area is 464 Å². The van der Waals surface area contributed by atoms with Crippen LogP contribution in [0.25, 0.3) is 0 Å². The van der Waals surface area contributed by atoms with Gasteiger partial charge in [0.1, 0.15) is 6.61 Å². The number of esters is 2. The zero-order valence-corrected chi connectivity index (χ0v) is 50.2. The second-order valence-corrected chi connectivity index (χ2v) is 23.1. The summed E-state index contributed by atoms with van der Waals surface area (Å²) < 4.78 is 32.9. The molecule has 75 heavy (non-hydrogen) atoms. The Kier molecular flexibility index (Phi) is 59.5. The molecule has 0 saturated carbocycles. The van der Waals surface area contributed by atoms with Crippen LogP contribution in [0.15, 0.2) is 48.6 Å². The van der Waals surface area contributed by atoms with Crippen LogP contribution in [0.4, 0.5) is 0 Å². The maximum atomic E-state index is 12.6. The summed E-state index contributed by atoms with van der Waals surface area (Å²) >= 11 is 0. The number of unbranched alkanes of at least 4 members (excludes halogenated alkanes) is 40. The molecule has 0 radical (unpaired) electrons. The average molecular weight is 1080 g/mol. The predicted octanol–water partition coefficient (Wildman–Crippen LogP) is 20.5. The molecule has 0 spiro atoms. The van der Waals surface area contributed by atoms with E-state index in [1.54, 1.807) is 0 Å². The Morgan fingerprint density at radius 1 is 0.413 bits per heavy atom. The number of phosphoric acid groups is 1. The van der Waals surface area contributed by atoms with Crippen molar-refractivity contribution in [1.29, 1.82) is 0 Å². The van der Waals surface area contributed by atoms with Gasteiger partial charge in [0, 0.05) is 19.4 Å². The van der Waals surface area contributed by atoms with E-state index in [0.29, 0.717) is 6.42 Å². The molecule has 0 aromatic heterocycles. The van der Waals surface area contributed by atoms with Crippen LogP contribution in [0.5, 0.6) is 0 Å². The van der Waals surface area contributed by atoms with Crippen LogP contribution >= 0.6 is 7.82 Å². The molecule has 0 bridgehead atoms. The molecule has 0 fully saturated rings. The minimum atomic E-state index is -4.39. The van der Waals surface area contributed by atoms with Gasteiger partial charge in [-0.05, 0) is 70.6 Å². The van der Waals surface area contributed by atoms with Crippen molar-refractivity contribution in [3.63, 3.8) is 0 Å². The predicted molar refractivity (Wildman–Crippen MR) is 321 cm³/mol. The van der Waals surface area contributed by atoms with Gasteiger partial charge in [0.15, 0.2) is 6.10 Å². The van der Waals surface area contributed by atoms with Crippen LogP contribution in [-0.4, -0.2) is 49.3 Å². The Bertz CT molecular complexity index is 1370. The molecule has 0 aliphatic rings. The van der Waals surface area contributed by atoms with Crippen LogP contribution in [0.1, 0.15) is 322 Å². The summed E-state index contributed by atoms with van der Waals surface area (Å²) in [7, 11) is -4.39. The van der Waals surface area contributed by atoms with Crippen LogP contribution in [0.3, 0.4) is 0 Å². The molecule has 0 amide bonds. The quantitative estimate of drug-likeness (QED) is 0.0264. The molecule has 0 aromatic rings. The molecule has 10 heteroatoms. The Morgan fingerprint density at radius 3 is 1.12 bits per heavy atom. The van der Waals surface area contributed by atoms with Gasteiger partial charge in [-0.2, -0.15) is 0 Å². The number of carbonyl (C=O) groups is 2. The lowest BCUT2D eigenvalue weighted by Gasteiger charge is -2.19. The fraction of sp³-hybridized carbons (Fsp3) is 0.846. The third-order valence-electron chi connectivity index (χ3n) is 14.2. The van der Waals surface area contributed by atoms with E-state index in [1.807, 2.05) is 0 Å². The van der Waals surface area contributed by atoms with E-state index < -0.39 is 26.5 Å². The SMILES string of the molecule is CC/C=C\C/C=C\C/C=C\CCCCCC(=O)OC(COC(=O)CCCCCCCCCCCCCCCCCCCCCCCCCCCCCCC/C=C\CCCCCCCCCC)COP(=O)(O)OCCN. The fourth-order valence-corrected chi connectivity index (χ4v) is 10.2. The van der Waals surface area contributed by atoms with E-state index in [2.05, 4.69) is 62.5 Å². The molecule has 2 unspecified atom stereocenters. The first kappa shape index (κ1) is 73.0. The lowest BCUT2D eigenvalue weighted by Crippen LogP contribution is -2.29. The second kappa shape index (κ2) is 61.2. The van der Waals surface area contributed by atoms with Gasteiger partial charge in [-0.3, -0.25) is 18.6 Å². The number of rotatable bonds is 61. The molecule has 3 N–H and O–H groups in total. The minimum absolute atomic E-state index is 0.0486. The summed E-state index contributed by atoms with van der Waals surface area (Å²) in [6, 6.07) is 0. The third-order valence-corrected chi connectivity index (χ3v) is 15.2. The molecular weight excluding hydrogens is 954 g/mol. The topological polar surface area (TPSA) is 134 Å². The van der Waals surface area contributed by atoms with E-state index in [0.717, 1.165) is 57.8 Å². The molecule has 2 atom stereocenters. The van der Waals surface area contributed by atoms with E-state index >= 15 is 0 Å². The van der Waals surface area contributed by atoms with Gasteiger partial charge >= 0.3 is 19.8 Å². The summed E-state index contributed by atoms with van der Waals surface area (Å²) in [6.45, 7) is 3.62. The number of phosphoric ester groups is 1. The number of carbonyl (C=O) groups excluding carboxylic acids is 2. The number of nitrogens with two attached hydrogens (primary N) is 1. The largest absolute Gasteiger partial charge is 0.472 e. The summed E-state index contributed by atoms with van der Waals surface area (Å²) in [5.41, 5.74) is 5.37. The molecule has 9 nitrogen and oxygen atoms in total. The van der Waals surface area contributed by atoms with Crippen LogP contribution in [-0.2, 0) is 32.7 Å². The molecule has 0 aromatic carbocycles. The molecule has 440 valence electrons. The van der Waals surface area contributed by atoms with Crippen molar-refractivity contribution >= 4 is 19.8 Å². The van der Waals surface area contributed by atoms with Crippen LogP contribution < -0.4 is 5.73 Å². The Hall–Kier alpha value is -2.03. The highest BCUT2D eigenvalue weighted by Gasteiger charge is 2.26. The highest BCUT2D eigenvalue weighted by Crippen LogP contribution is 2.43. The van der Waals surface area contributed by atoms with Gasteiger partial charge in [0.25, 0.3) is 0 Å². The molecule has 0 heterocycles. The molecular formula is C65H122NO8P. The summed E-state index contributed by atoms with van der Waals surface area (Å²) in [6.07, 6.45) is 76.7. The van der Waals surface area contributed by atoms with Crippen molar-refractivity contribution in [2.24, 2.45) is 5.73 Å². The molecule has 0 aliphatic carbocycles. The lowest BCUT2D eigenvalue weighted by molar-refractivity contribution is -0.161. The monoisotopic (exact) mass is 1080 g/mol. The van der Waals surface area contributed by atoms with Crippen molar-refractivity contribution in [1.82, 2.24) is 0 Å². The first-order chi connectivity index (χ1) is 36.8. The van der Waals surface area contributed by atoms with E-state index in [1.165, 1.54) is 231 Å². The highest BCUT2D eigenvalue weighted by atomic mass is 31.2. The van der Waals surface area contributed by atoms with Crippen LogP contribution in [0, 0.1) is 0 Å². The zero-order chi connectivity index (χ0) is 54.5. The number of hydrogen-bond acceptors (Lipinski definition) is 8. The van der Waals surface area contributed by atoms with Crippen molar-refractivity contribution in [3.05, 3.63) is 48.6 Å². The normalized spacial score (nSPS) is 13.3. The van der Waals surface area contributed by atoms with E-state index in [9.17, 15) is 19.0 Å². The summed E-state index contributed by atoms with van der Waals surface area (Å²) in [5, 5.41) is 0. The zero-order valence-electron chi connectivity index (χ0n) is 49.3. The van der Waals surface area contributed by atoms with E-state index in [-0.39, 0.29) is 38.6 Å². The second-order valence-electron chi connectivity index (χ2n) is 21.6. The average Bonchev–Trinajstić information content (AvgIpc) is 3.40. The fourth-order valence-electron chi connectivity index (χ4n) is 9.47. The summed E-state index contributed by atoms with van der Waals surface area (Å²) in [4.78, 5) is 35.1. The van der Waals surface area contributed by atoms with Crippen molar-refractivity contribution in [2.75, 3.05) is 26.4 Å². The summed E-state index contributed by atoms with van der Waals surface area (Å²) in [5.74, 6) is -0.852. The van der Waals surface area contributed by atoms with Crippen LogP contribution in [0.2, 0.25) is 0 Å². The van der Waals surface area contributed by atoms with Gasteiger partial charge in [0.05, 0.1) is 13.2 Å². The number of ether oxygens (including phenoxy) is 2. The van der Waals surface area contributed by atoms with Crippen molar-refractivity contribution in [2.45, 2.75) is 328 Å². The van der Waals surface area contributed by atoms with Crippen molar-refractivity contribution in [3.8, 4) is 0 Å². The highest BCUT2D eigenvalue weighted by molar-refractivity contribution is 7.47. The van der Waals surface area contributed by atoms with Gasteiger partial charge in [-0.25, -0.2) is 4.57 Å². The van der Waals surface area contributed by atoms with Gasteiger partial charge < -0.3 is 20.1 Å². The maximum absolute atomic E-state index is 12.6. The minimum Gasteiger partial charge on any atom is -0.462 e. The van der Waals surface area contributed by atoms with Gasteiger partial charge in [0.2, 0.25) is 0 Å². The standard InChI is InChI=1S/C65H122NO8P/c1-3-5-7-9-11-13-15-17-18-19-20-21-22-23-24-25-26-27-28-29-30-31-32-33-34-35-36-37-38-39-40-41-42-43-44-46-47-49-51-53-55-57-64(67)71-61-63(62-73-75(69,70)72-60-59-66)74-65(68)58-56-54-52-50-48-45-16-14-12-10-8-6-4-2/h6,8,12,14,19-20,45,48,63H,3-5,7,9-11,13,15-18,21-44,46-47,49-62,66H2,1-2H3,(H,69,70)/b8-6-,14-12-,20-19-,48-45-. The number of allylic oxidation sites excluding steroid dienone is 8. The Balaban J connectivity index is 3.68. The maximum Gasteiger partial charge on any atom is 0.472 e. The van der Waals surface area contributed by atoms with Crippen molar-refractivity contribution < 1.29 is 37.6 Å². The van der Waals surface area contributed by atoms with Gasteiger partial charge in [-0.15, -0.1) is 0 Å². The lowest BCUT2D eigenvalue weighted by atomic mass is 10.0. The first-order valence-electron chi connectivity index (χ1n) is 32.1. The Morgan fingerprint density at radius 2 is 0.733 bits per heavy atom. The molecule has 0 saturated heterocycles. The van der Waals surface area contributed by atoms with Gasteiger partial charge in [-0.1, -0.05) is 287 Å². The molecule has 0 rings (SSSR count).